The molecule has 1 aliphatic heterocycles. The number of rotatable bonds is 3. The molecule has 2 rings (SSSR count). The fourth-order valence-electron chi connectivity index (χ4n) is 2.43. The van der Waals surface area contributed by atoms with Gasteiger partial charge in [-0.15, -0.1) is 0 Å². The molecule has 1 aliphatic rings. The van der Waals surface area contributed by atoms with Crippen molar-refractivity contribution in [1.82, 2.24) is 4.90 Å². The molecular weight excluding hydrogens is 252 g/mol. The minimum atomic E-state index is -0.206. The number of nitrogens with zero attached hydrogens (tertiary/aromatic N) is 1. The molecule has 0 bridgehead atoms. The van der Waals surface area contributed by atoms with E-state index in [0.717, 1.165) is 16.8 Å². The molecule has 1 heterocycles. The molecule has 4 nitrogen and oxygen atoms in total. The van der Waals surface area contributed by atoms with Crippen LogP contribution in [0.2, 0.25) is 0 Å². The van der Waals surface area contributed by atoms with Crippen LogP contribution in [-0.4, -0.2) is 35.7 Å². The van der Waals surface area contributed by atoms with Crippen molar-refractivity contribution in [2.24, 2.45) is 0 Å². The Hall–Kier alpha value is -1.68. The summed E-state index contributed by atoms with van der Waals surface area (Å²) in [7, 11) is 0. The van der Waals surface area contributed by atoms with Crippen LogP contribution < -0.4 is 5.32 Å². The van der Waals surface area contributed by atoms with Crippen molar-refractivity contribution < 1.29 is 9.59 Å². The van der Waals surface area contributed by atoms with Gasteiger partial charge in [-0.3, -0.25) is 14.5 Å². The number of benzene rings is 1. The lowest BCUT2D eigenvalue weighted by molar-refractivity contribution is -0.126. The number of hydrogen-bond donors (Lipinski definition) is 1. The number of amides is 1. The smallest absolute Gasteiger partial charge is 0.241 e. The number of likely N-dealkylation sites (tertiary alicyclic amines) is 1. The van der Waals surface area contributed by atoms with Gasteiger partial charge in [-0.05, 0) is 38.0 Å². The van der Waals surface area contributed by atoms with Crippen molar-refractivity contribution >= 4 is 17.4 Å². The Morgan fingerprint density at radius 2 is 1.90 bits per heavy atom. The Morgan fingerprint density at radius 1 is 1.25 bits per heavy atom. The van der Waals surface area contributed by atoms with Crippen molar-refractivity contribution in [2.45, 2.75) is 39.7 Å². The number of aryl methyl sites for hydroxylation is 2. The molecule has 1 unspecified atom stereocenters. The highest BCUT2D eigenvalue weighted by Crippen LogP contribution is 2.18. The van der Waals surface area contributed by atoms with E-state index in [1.54, 1.807) is 0 Å². The third-order valence-electron chi connectivity index (χ3n) is 3.93. The first-order valence-electron chi connectivity index (χ1n) is 7.11. The standard InChI is InChI=1S/C16H22N2O2/c1-11-4-5-12(2)15(10-11)17-16(20)13(3)18-8-6-14(19)7-9-18/h4-5,10,13H,6-9H2,1-3H3,(H,17,20). The first-order chi connectivity index (χ1) is 9.47. The molecule has 4 heteroatoms. The van der Waals surface area contributed by atoms with E-state index < -0.39 is 0 Å². The summed E-state index contributed by atoms with van der Waals surface area (Å²) in [4.78, 5) is 25.6. The Kier molecular flexibility index (Phi) is 4.55. The number of carbonyl (C=O) groups excluding carboxylic acids is 2. The average molecular weight is 274 g/mol. The number of ketones is 1. The number of carbonyl (C=O) groups is 2. The summed E-state index contributed by atoms with van der Waals surface area (Å²) in [6.45, 7) is 7.25. The quantitative estimate of drug-likeness (QED) is 0.920. The molecule has 1 saturated heterocycles. The molecule has 0 aliphatic carbocycles. The van der Waals surface area contributed by atoms with Gasteiger partial charge in [-0.1, -0.05) is 12.1 Å². The van der Waals surface area contributed by atoms with Gasteiger partial charge in [-0.25, -0.2) is 0 Å². The highest BCUT2D eigenvalue weighted by molar-refractivity contribution is 5.95. The second-order valence-corrected chi connectivity index (χ2v) is 5.56. The van der Waals surface area contributed by atoms with Gasteiger partial charge < -0.3 is 5.32 Å². The zero-order valence-electron chi connectivity index (χ0n) is 12.4. The molecule has 1 aromatic rings. The van der Waals surface area contributed by atoms with Gasteiger partial charge in [0.25, 0.3) is 0 Å². The van der Waals surface area contributed by atoms with Gasteiger partial charge in [0.2, 0.25) is 5.91 Å². The van der Waals surface area contributed by atoms with Crippen LogP contribution in [0, 0.1) is 13.8 Å². The van der Waals surface area contributed by atoms with E-state index >= 15 is 0 Å². The molecule has 1 atom stereocenters. The Balaban J connectivity index is 2.00. The van der Waals surface area contributed by atoms with Crippen LogP contribution >= 0.6 is 0 Å². The van der Waals surface area contributed by atoms with Crippen molar-refractivity contribution in [3.63, 3.8) is 0 Å². The summed E-state index contributed by atoms with van der Waals surface area (Å²) in [5.74, 6) is 0.288. The molecule has 108 valence electrons. The van der Waals surface area contributed by atoms with E-state index in [2.05, 4.69) is 10.2 Å². The number of piperidine rings is 1. The van der Waals surface area contributed by atoms with Crippen molar-refractivity contribution in [2.75, 3.05) is 18.4 Å². The minimum Gasteiger partial charge on any atom is -0.324 e. The monoisotopic (exact) mass is 274 g/mol. The molecule has 0 spiro atoms. The lowest BCUT2D eigenvalue weighted by atomic mass is 10.1. The van der Waals surface area contributed by atoms with Crippen LogP contribution in [0.4, 0.5) is 5.69 Å². The average Bonchev–Trinajstić information content (AvgIpc) is 2.43. The summed E-state index contributed by atoms with van der Waals surface area (Å²) < 4.78 is 0. The van der Waals surface area contributed by atoms with Gasteiger partial charge >= 0.3 is 0 Å². The van der Waals surface area contributed by atoms with Gasteiger partial charge in [-0.2, -0.15) is 0 Å². The molecule has 1 amide bonds. The SMILES string of the molecule is Cc1ccc(C)c(NC(=O)C(C)N2CCC(=O)CC2)c1. The lowest BCUT2D eigenvalue weighted by Gasteiger charge is -2.30. The van der Waals surface area contributed by atoms with E-state index in [9.17, 15) is 9.59 Å². The Morgan fingerprint density at radius 3 is 2.55 bits per heavy atom. The molecule has 1 N–H and O–H groups in total. The highest BCUT2D eigenvalue weighted by Gasteiger charge is 2.25. The van der Waals surface area contributed by atoms with E-state index in [1.807, 2.05) is 39.0 Å². The fourth-order valence-corrected chi connectivity index (χ4v) is 2.43. The summed E-state index contributed by atoms with van der Waals surface area (Å²) in [6, 6.07) is 5.82. The third kappa shape index (κ3) is 3.45. The fraction of sp³-hybridized carbons (Fsp3) is 0.500. The number of nitrogens with one attached hydrogen (secondary N) is 1. The number of Topliss-reactive ketones (excluding diaryl/α,β-unsaturated/α-hetero) is 1. The summed E-state index contributed by atoms with van der Waals surface area (Å²) in [5.41, 5.74) is 3.06. The zero-order chi connectivity index (χ0) is 14.7. The van der Waals surface area contributed by atoms with Crippen molar-refractivity contribution in [3.05, 3.63) is 29.3 Å². The molecular formula is C16H22N2O2. The van der Waals surface area contributed by atoms with E-state index in [0.29, 0.717) is 31.7 Å². The van der Waals surface area contributed by atoms with Crippen LogP contribution in [0.5, 0.6) is 0 Å². The summed E-state index contributed by atoms with van der Waals surface area (Å²) in [6.07, 6.45) is 1.11. The van der Waals surface area contributed by atoms with E-state index in [4.69, 9.17) is 0 Å². The van der Waals surface area contributed by atoms with Gasteiger partial charge in [0, 0.05) is 31.6 Å². The molecule has 0 radical (unpaired) electrons. The van der Waals surface area contributed by atoms with Crippen LogP contribution in [0.15, 0.2) is 18.2 Å². The predicted octanol–water partition coefficient (Wildman–Crippen LogP) is 2.30. The topological polar surface area (TPSA) is 49.4 Å². The van der Waals surface area contributed by atoms with Crippen LogP contribution in [-0.2, 0) is 9.59 Å². The highest BCUT2D eigenvalue weighted by atomic mass is 16.2. The van der Waals surface area contributed by atoms with Gasteiger partial charge in [0.15, 0.2) is 0 Å². The largest absolute Gasteiger partial charge is 0.324 e. The lowest BCUT2D eigenvalue weighted by Crippen LogP contribution is -2.46. The second kappa shape index (κ2) is 6.18. The molecule has 0 aromatic heterocycles. The maximum atomic E-state index is 12.3. The van der Waals surface area contributed by atoms with Gasteiger partial charge in [0.05, 0.1) is 6.04 Å². The molecule has 0 saturated carbocycles. The second-order valence-electron chi connectivity index (χ2n) is 5.56. The molecule has 1 fully saturated rings. The normalized spacial score (nSPS) is 17.9. The third-order valence-corrected chi connectivity index (χ3v) is 3.93. The maximum absolute atomic E-state index is 12.3. The van der Waals surface area contributed by atoms with Crippen LogP contribution in [0.1, 0.15) is 30.9 Å². The zero-order valence-corrected chi connectivity index (χ0v) is 12.4. The first-order valence-corrected chi connectivity index (χ1v) is 7.11. The minimum absolute atomic E-state index is 0.00644. The molecule has 20 heavy (non-hydrogen) atoms. The van der Waals surface area contributed by atoms with Crippen molar-refractivity contribution in [3.8, 4) is 0 Å². The number of hydrogen-bond acceptors (Lipinski definition) is 3. The van der Waals surface area contributed by atoms with E-state index in [-0.39, 0.29) is 11.9 Å². The van der Waals surface area contributed by atoms with Crippen molar-refractivity contribution in [1.29, 1.82) is 0 Å². The Labute approximate surface area is 120 Å². The van der Waals surface area contributed by atoms with E-state index in [1.165, 1.54) is 0 Å². The summed E-state index contributed by atoms with van der Waals surface area (Å²) >= 11 is 0. The predicted molar refractivity (Wildman–Crippen MR) is 79.8 cm³/mol. The first kappa shape index (κ1) is 14.7. The maximum Gasteiger partial charge on any atom is 0.241 e. The van der Waals surface area contributed by atoms with Crippen LogP contribution in [0.25, 0.3) is 0 Å². The molecule has 1 aromatic carbocycles. The van der Waals surface area contributed by atoms with Gasteiger partial charge in [0.1, 0.15) is 5.78 Å². The Bertz CT molecular complexity index is 515. The van der Waals surface area contributed by atoms with Crippen LogP contribution in [0.3, 0.4) is 0 Å². The summed E-state index contributed by atoms with van der Waals surface area (Å²) in [5, 5.41) is 2.99. The number of anilines is 1.